The van der Waals surface area contributed by atoms with Gasteiger partial charge in [0.1, 0.15) is 17.0 Å². The Morgan fingerprint density at radius 2 is 1.05 bits per heavy atom. The van der Waals surface area contributed by atoms with Crippen LogP contribution in [0, 0.1) is 30.6 Å². The Kier molecular flexibility index (Phi) is 15.4. The van der Waals surface area contributed by atoms with Crippen LogP contribution in [-0.2, 0) is 37.4 Å². The number of likely N-dealkylation sites (tertiary alicyclic amines) is 4. The van der Waals surface area contributed by atoms with Crippen LogP contribution in [0.3, 0.4) is 0 Å². The molecule has 0 radical (unpaired) electrons. The lowest BCUT2D eigenvalue weighted by Gasteiger charge is -2.45. The summed E-state index contributed by atoms with van der Waals surface area (Å²) in [4.78, 5) is 47.5. The van der Waals surface area contributed by atoms with E-state index in [4.69, 9.17) is 15.3 Å². The van der Waals surface area contributed by atoms with Gasteiger partial charge in [0.25, 0.3) is 10.0 Å². The number of nitrogens with zero attached hydrogens (tertiary/aromatic N) is 4. The van der Waals surface area contributed by atoms with E-state index in [-0.39, 0.29) is 28.9 Å². The second-order valence-electron chi connectivity index (χ2n) is 18.3. The van der Waals surface area contributed by atoms with Gasteiger partial charge in [-0.1, -0.05) is 78.4 Å². The van der Waals surface area contributed by atoms with Crippen molar-refractivity contribution in [3.8, 4) is 0 Å². The largest absolute Gasteiger partial charge is 0.444 e. The third-order valence-corrected chi connectivity index (χ3v) is 11.8. The molecule has 3 N–H and O–H groups in total. The molecule has 4 saturated heterocycles. The molecule has 2 amide bonds. The summed E-state index contributed by atoms with van der Waals surface area (Å²) in [5.74, 6) is 6.07. The van der Waals surface area contributed by atoms with Crippen molar-refractivity contribution in [2.24, 2.45) is 29.5 Å². The van der Waals surface area contributed by atoms with E-state index in [0.717, 1.165) is 44.8 Å². The van der Waals surface area contributed by atoms with Gasteiger partial charge in [0, 0.05) is 77.3 Å². The SMILES string of the molecule is CC(C)(C)OC(=O)N1CC2CC(CN(Cc3ccccc3)C2)C1.CC(C)(C)OC(=O)N1CC2CN(Cc3ccccc3)CC(C1)C2=O.Cc1ccc(S(=O)(=O)NN)cc1. The topological polar surface area (TPSA) is 155 Å². The van der Waals surface area contributed by atoms with E-state index in [9.17, 15) is 22.8 Å². The summed E-state index contributed by atoms with van der Waals surface area (Å²) in [5, 5.41) is 0. The van der Waals surface area contributed by atoms with E-state index in [0.29, 0.717) is 43.8 Å². The number of benzene rings is 3. The quantitative estimate of drug-likeness (QED) is 0.221. The average molecular weight is 833 g/mol. The molecular formula is C45H64N6O7S. The van der Waals surface area contributed by atoms with Crippen LogP contribution in [0.2, 0.25) is 0 Å². The molecule has 4 atom stereocenters. The van der Waals surface area contributed by atoms with Crippen molar-refractivity contribution in [2.45, 2.75) is 84.1 Å². The van der Waals surface area contributed by atoms with E-state index >= 15 is 0 Å². The summed E-state index contributed by atoms with van der Waals surface area (Å²) in [7, 11) is -3.49. The van der Waals surface area contributed by atoms with Crippen LogP contribution in [-0.4, -0.2) is 110 Å². The molecule has 14 heteroatoms. The molecule has 322 valence electrons. The van der Waals surface area contributed by atoms with Crippen LogP contribution in [0.5, 0.6) is 0 Å². The van der Waals surface area contributed by atoms with Crippen molar-refractivity contribution >= 4 is 28.0 Å². The van der Waals surface area contributed by atoms with E-state index in [2.05, 4.69) is 52.3 Å². The van der Waals surface area contributed by atoms with E-state index in [1.807, 2.05) is 71.6 Å². The number of aryl methyl sites for hydroxylation is 1. The van der Waals surface area contributed by atoms with Gasteiger partial charge >= 0.3 is 12.2 Å². The van der Waals surface area contributed by atoms with Gasteiger partial charge in [-0.05, 0) is 90.0 Å². The fraction of sp³-hybridized carbons (Fsp3) is 0.533. The standard InChI is InChI=1S/C19H26N2O3.C19H28N2O2.C7H10N2O2S/c1-19(2,3)24-18(23)21-12-15-10-20(11-16(13-21)17(15)22)9-14-7-5-4-6-8-14;1-19(2,3)23-18(22)21-13-16-9-17(14-21)12-20(11-16)10-15-7-5-4-6-8-15;1-6-2-4-7(5-3-6)12(10,11)9-8/h4-8,15-16H,9-13H2,1-3H3;4-8,16-17H,9-14H2,1-3H3;2-5,9H,8H2,1H3. The Hall–Kier alpha value is -4.34. The zero-order valence-electron chi connectivity index (χ0n) is 35.8. The molecule has 0 aromatic heterocycles. The maximum absolute atomic E-state index is 12.5. The lowest BCUT2D eigenvalue weighted by molar-refractivity contribution is -0.137. The van der Waals surface area contributed by atoms with E-state index < -0.39 is 21.2 Å². The van der Waals surface area contributed by atoms with Crippen molar-refractivity contribution < 1.29 is 32.3 Å². The van der Waals surface area contributed by atoms with Gasteiger partial charge in [0.15, 0.2) is 0 Å². The summed E-state index contributed by atoms with van der Waals surface area (Å²) in [6.07, 6.45) is 0.787. The van der Waals surface area contributed by atoms with Crippen molar-refractivity contribution in [3.05, 3.63) is 102 Å². The van der Waals surface area contributed by atoms with Gasteiger partial charge in [-0.25, -0.2) is 18.0 Å². The smallest absolute Gasteiger partial charge is 0.410 e. The number of rotatable bonds is 6. The first-order valence-corrected chi connectivity index (χ1v) is 22.1. The number of amides is 2. The molecule has 4 bridgehead atoms. The normalized spacial score (nSPS) is 22.3. The van der Waals surface area contributed by atoms with Gasteiger partial charge in [0.05, 0.1) is 4.90 Å². The minimum absolute atomic E-state index is 0.103. The average Bonchev–Trinajstić information content (AvgIpc) is 3.15. The number of nitrogens with one attached hydrogen (secondary N) is 1. The second kappa shape index (κ2) is 19.8. The van der Waals surface area contributed by atoms with E-state index in [1.165, 1.54) is 29.7 Å². The molecule has 3 aromatic carbocycles. The molecule has 4 heterocycles. The van der Waals surface area contributed by atoms with E-state index in [1.54, 1.807) is 21.9 Å². The molecule has 0 aliphatic carbocycles. The molecule has 4 unspecified atom stereocenters. The number of fused-ring (bicyclic) bond motifs is 4. The van der Waals surface area contributed by atoms with Crippen LogP contribution in [0.15, 0.2) is 89.8 Å². The Morgan fingerprint density at radius 3 is 1.46 bits per heavy atom. The third kappa shape index (κ3) is 14.1. The predicted molar refractivity (Wildman–Crippen MR) is 228 cm³/mol. The molecule has 0 spiro atoms. The zero-order valence-corrected chi connectivity index (χ0v) is 36.6. The number of ether oxygens (including phenoxy) is 2. The fourth-order valence-electron chi connectivity index (χ4n) is 8.18. The Morgan fingerprint density at radius 1 is 0.644 bits per heavy atom. The van der Waals surface area contributed by atoms with Crippen LogP contribution in [0.4, 0.5) is 9.59 Å². The molecule has 4 fully saturated rings. The van der Waals surface area contributed by atoms with Gasteiger partial charge in [-0.15, -0.1) is 0 Å². The van der Waals surface area contributed by atoms with Crippen LogP contribution in [0.25, 0.3) is 0 Å². The van der Waals surface area contributed by atoms with Crippen LogP contribution >= 0.6 is 0 Å². The number of carbonyl (C=O) groups is 3. The van der Waals surface area contributed by atoms with Crippen LogP contribution < -0.4 is 10.7 Å². The monoisotopic (exact) mass is 832 g/mol. The Balaban J connectivity index is 0.000000178. The minimum Gasteiger partial charge on any atom is -0.444 e. The Labute approximate surface area is 351 Å². The molecule has 0 saturated carbocycles. The van der Waals surface area contributed by atoms with Crippen molar-refractivity contribution in [2.75, 3.05) is 52.4 Å². The number of hydrogen-bond donors (Lipinski definition) is 2. The number of piperidine rings is 4. The van der Waals surface area contributed by atoms with Crippen LogP contribution in [0.1, 0.15) is 64.7 Å². The summed E-state index contributed by atoms with van der Waals surface area (Å²) in [6.45, 7) is 21.3. The highest BCUT2D eigenvalue weighted by molar-refractivity contribution is 7.89. The number of ketones is 1. The maximum atomic E-state index is 12.5. The lowest BCUT2D eigenvalue weighted by Crippen LogP contribution is -2.59. The summed E-state index contributed by atoms with van der Waals surface area (Å²) >= 11 is 0. The first-order valence-electron chi connectivity index (χ1n) is 20.6. The third-order valence-electron chi connectivity index (χ3n) is 10.6. The van der Waals surface area contributed by atoms with Crippen molar-refractivity contribution in [1.29, 1.82) is 0 Å². The number of nitrogens with two attached hydrogens (primary N) is 1. The molecule has 7 rings (SSSR count). The highest BCUT2D eigenvalue weighted by Crippen LogP contribution is 2.31. The molecule has 13 nitrogen and oxygen atoms in total. The number of sulfonamides is 1. The summed E-state index contributed by atoms with van der Waals surface area (Å²) in [6, 6.07) is 27.4. The summed E-state index contributed by atoms with van der Waals surface area (Å²) in [5.41, 5.74) is 2.71. The summed E-state index contributed by atoms with van der Waals surface area (Å²) < 4.78 is 33.2. The molecule has 3 aromatic rings. The number of hydrogen-bond acceptors (Lipinski definition) is 10. The molecule has 59 heavy (non-hydrogen) atoms. The first kappa shape index (κ1) is 45.7. The Bertz CT molecular complexity index is 1920. The van der Waals surface area contributed by atoms with Gasteiger partial charge < -0.3 is 19.3 Å². The maximum Gasteiger partial charge on any atom is 0.410 e. The van der Waals surface area contributed by atoms with Crippen molar-refractivity contribution in [3.63, 3.8) is 0 Å². The van der Waals surface area contributed by atoms with Gasteiger partial charge in [-0.2, -0.15) is 4.83 Å². The number of hydrazine groups is 1. The number of Topliss-reactive ketones (excluding diaryl/α,β-unsaturated/α-hetero) is 1. The molecule has 4 aliphatic rings. The van der Waals surface area contributed by atoms with Gasteiger partial charge in [0.2, 0.25) is 0 Å². The highest BCUT2D eigenvalue weighted by atomic mass is 32.2. The lowest BCUT2D eigenvalue weighted by atomic mass is 9.83. The molecular weight excluding hydrogens is 769 g/mol. The predicted octanol–water partition coefficient (Wildman–Crippen LogP) is 6.08. The zero-order chi connectivity index (χ0) is 43.0. The minimum atomic E-state index is -3.49. The highest BCUT2D eigenvalue weighted by Gasteiger charge is 2.43. The van der Waals surface area contributed by atoms with Gasteiger partial charge in [-0.3, -0.25) is 20.4 Å². The molecule has 4 aliphatic heterocycles. The number of carbonyl (C=O) groups excluding carboxylic acids is 3. The second-order valence-corrected chi connectivity index (χ2v) is 20.0. The first-order chi connectivity index (χ1) is 27.8. The fourth-order valence-corrected chi connectivity index (χ4v) is 8.81. The van der Waals surface area contributed by atoms with Crippen molar-refractivity contribution in [1.82, 2.24) is 24.4 Å².